The largest absolute Gasteiger partial charge is 0.353 e. The Morgan fingerprint density at radius 2 is 1.40 bits per heavy atom. The number of nitrogens with one attached hydrogen (secondary N) is 2. The second-order valence-electron chi connectivity index (χ2n) is 7.15. The summed E-state index contributed by atoms with van der Waals surface area (Å²) in [6.45, 7) is 9.72. The molecular weight excluding hydrogens is 336 g/mol. The van der Waals surface area contributed by atoms with Crippen molar-refractivity contribution >= 4 is 15.9 Å². The van der Waals surface area contributed by atoms with E-state index in [1.807, 2.05) is 34.6 Å². The smallest absolute Gasteiger partial charge is 0.241 e. The molecule has 1 aliphatic carbocycles. The van der Waals surface area contributed by atoms with Gasteiger partial charge in [-0.3, -0.25) is 4.79 Å². The molecule has 1 amide bonds. The van der Waals surface area contributed by atoms with Gasteiger partial charge in [-0.25, -0.2) is 13.1 Å². The standard InChI is InChI=1S/C19H30N2O3S/c1-12-13(2)15(4)19(16(5)14(12)3)25(23,24)20-11-10-18(22)21-17-8-6-7-9-17/h17,20H,6-11H2,1-5H3,(H,21,22). The van der Waals surface area contributed by atoms with E-state index >= 15 is 0 Å². The van der Waals surface area contributed by atoms with E-state index in [4.69, 9.17) is 0 Å². The van der Waals surface area contributed by atoms with Crippen LogP contribution in [0.4, 0.5) is 0 Å². The molecule has 0 radical (unpaired) electrons. The summed E-state index contributed by atoms with van der Waals surface area (Å²) in [7, 11) is -3.64. The average Bonchev–Trinajstić information content (AvgIpc) is 3.03. The third kappa shape index (κ3) is 4.42. The highest BCUT2D eigenvalue weighted by atomic mass is 32.2. The predicted octanol–water partition coefficient (Wildman–Crippen LogP) is 2.96. The summed E-state index contributed by atoms with van der Waals surface area (Å²) in [4.78, 5) is 12.3. The molecule has 0 spiro atoms. The normalized spacial score (nSPS) is 15.6. The highest BCUT2D eigenvalue weighted by molar-refractivity contribution is 7.89. The molecule has 0 heterocycles. The van der Waals surface area contributed by atoms with E-state index < -0.39 is 10.0 Å². The SMILES string of the molecule is Cc1c(C)c(C)c(S(=O)(=O)NCCC(=O)NC2CCCC2)c(C)c1C. The van der Waals surface area contributed by atoms with Crippen LogP contribution in [0.25, 0.3) is 0 Å². The molecule has 1 saturated carbocycles. The van der Waals surface area contributed by atoms with Crippen LogP contribution in [-0.4, -0.2) is 26.9 Å². The number of hydrogen-bond donors (Lipinski definition) is 2. The number of amides is 1. The van der Waals surface area contributed by atoms with Gasteiger partial charge >= 0.3 is 0 Å². The van der Waals surface area contributed by atoms with Crippen LogP contribution in [0.1, 0.15) is 59.9 Å². The van der Waals surface area contributed by atoms with Crippen LogP contribution in [0.3, 0.4) is 0 Å². The maximum absolute atomic E-state index is 12.8. The van der Waals surface area contributed by atoms with Crippen LogP contribution < -0.4 is 10.0 Å². The molecule has 0 bridgehead atoms. The van der Waals surface area contributed by atoms with Crippen molar-refractivity contribution in [1.82, 2.24) is 10.0 Å². The van der Waals surface area contributed by atoms with E-state index in [1.54, 1.807) is 0 Å². The first kappa shape index (κ1) is 19.9. The molecule has 2 rings (SSSR count). The Labute approximate surface area is 151 Å². The molecule has 0 atom stereocenters. The lowest BCUT2D eigenvalue weighted by atomic mass is 9.95. The summed E-state index contributed by atoms with van der Waals surface area (Å²) in [6, 6.07) is 0.260. The minimum atomic E-state index is -3.64. The minimum Gasteiger partial charge on any atom is -0.353 e. The van der Waals surface area contributed by atoms with Gasteiger partial charge in [0.2, 0.25) is 15.9 Å². The van der Waals surface area contributed by atoms with Gasteiger partial charge in [0, 0.05) is 19.0 Å². The molecule has 140 valence electrons. The van der Waals surface area contributed by atoms with E-state index in [2.05, 4.69) is 10.0 Å². The van der Waals surface area contributed by atoms with Crippen molar-refractivity contribution in [3.63, 3.8) is 0 Å². The van der Waals surface area contributed by atoms with Gasteiger partial charge in [0.1, 0.15) is 0 Å². The number of hydrogen-bond acceptors (Lipinski definition) is 3. The first-order valence-electron chi connectivity index (χ1n) is 9.01. The fraction of sp³-hybridized carbons (Fsp3) is 0.632. The number of carbonyl (C=O) groups is 1. The summed E-state index contributed by atoms with van der Waals surface area (Å²) in [6.07, 6.45) is 4.53. The van der Waals surface area contributed by atoms with Crippen molar-refractivity contribution < 1.29 is 13.2 Å². The number of sulfonamides is 1. The zero-order chi connectivity index (χ0) is 18.8. The Kier molecular flexibility index (Phi) is 6.27. The summed E-state index contributed by atoms with van der Waals surface area (Å²) >= 11 is 0. The van der Waals surface area contributed by atoms with E-state index in [0.29, 0.717) is 4.90 Å². The molecule has 0 aliphatic heterocycles. The van der Waals surface area contributed by atoms with Gasteiger partial charge in [-0.05, 0) is 75.3 Å². The molecular formula is C19H30N2O3S. The average molecular weight is 367 g/mol. The monoisotopic (exact) mass is 366 g/mol. The van der Waals surface area contributed by atoms with Crippen molar-refractivity contribution in [1.29, 1.82) is 0 Å². The number of rotatable bonds is 6. The Morgan fingerprint density at radius 1 is 0.920 bits per heavy atom. The van der Waals surface area contributed by atoms with Crippen LogP contribution in [-0.2, 0) is 14.8 Å². The van der Waals surface area contributed by atoms with Gasteiger partial charge in [0.15, 0.2) is 0 Å². The lowest BCUT2D eigenvalue weighted by molar-refractivity contribution is -0.121. The quantitative estimate of drug-likeness (QED) is 0.813. The Bertz CT molecular complexity index is 734. The zero-order valence-corrected chi connectivity index (χ0v) is 16.8. The molecule has 0 unspecified atom stereocenters. The van der Waals surface area contributed by atoms with Gasteiger partial charge < -0.3 is 5.32 Å². The van der Waals surface area contributed by atoms with Crippen LogP contribution >= 0.6 is 0 Å². The van der Waals surface area contributed by atoms with E-state index in [9.17, 15) is 13.2 Å². The molecule has 6 heteroatoms. The first-order valence-corrected chi connectivity index (χ1v) is 10.5. The molecule has 0 aromatic heterocycles. The highest BCUT2D eigenvalue weighted by Gasteiger charge is 2.24. The van der Waals surface area contributed by atoms with Gasteiger partial charge in [-0.15, -0.1) is 0 Å². The van der Waals surface area contributed by atoms with Gasteiger partial charge in [0.25, 0.3) is 0 Å². The maximum atomic E-state index is 12.8. The maximum Gasteiger partial charge on any atom is 0.241 e. The van der Waals surface area contributed by atoms with E-state index in [1.165, 1.54) is 0 Å². The first-order chi connectivity index (χ1) is 11.6. The number of benzene rings is 1. The Balaban J connectivity index is 2.06. The summed E-state index contributed by atoms with van der Waals surface area (Å²) in [5.74, 6) is -0.0840. The number of carbonyl (C=O) groups excluding carboxylic acids is 1. The molecule has 5 nitrogen and oxygen atoms in total. The van der Waals surface area contributed by atoms with Crippen LogP contribution in [0.5, 0.6) is 0 Å². The van der Waals surface area contributed by atoms with Crippen molar-refractivity contribution in [2.24, 2.45) is 0 Å². The Morgan fingerprint density at radius 3 is 1.92 bits per heavy atom. The second kappa shape index (κ2) is 7.87. The Hall–Kier alpha value is -1.40. The highest BCUT2D eigenvalue weighted by Crippen LogP contribution is 2.29. The molecule has 25 heavy (non-hydrogen) atoms. The van der Waals surface area contributed by atoms with Crippen molar-refractivity contribution in [2.45, 2.75) is 77.7 Å². The minimum absolute atomic E-state index is 0.0840. The van der Waals surface area contributed by atoms with Gasteiger partial charge in [-0.2, -0.15) is 0 Å². The zero-order valence-electron chi connectivity index (χ0n) is 16.0. The molecule has 1 aromatic carbocycles. The molecule has 2 N–H and O–H groups in total. The molecule has 0 saturated heterocycles. The lowest BCUT2D eigenvalue weighted by Crippen LogP contribution is -2.35. The summed E-state index contributed by atoms with van der Waals surface area (Å²) in [5, 5.41) is 2.98. The third-order valence-corrected chi connectivity index (χ3v) is 7.30. The van der Waals surface area contributed by atoms with Gasteiger partial charge in [0.05, 0.1) is 4.90 Å². The lowest BCUT2D eigenvalue weighted by Gasteiger charge is -2.19. The van der Waals surface area contributed by atoms with Gasteiger partial charge in [-0.1, -0.05) is 12.8 Å². The summed E-state index contributed by atoms with van der Waals surface area (Å²) < 4.78 is 28.1. The predicted molar refractivity (Wildman–Crippen MR) is 100 cm³/mol. The fourth-order valence-electron chi connectivity index (χ4n) is 3.61. The summed E-state index contributed by atoms with van der Waals surface area (Å²) in [5.41, 5.74) is 4.70. The second-order valence-corrected chi connectivity index (χ2v) is 8.85. The molecule has 1 aromatic rings. The van der Waals surface area contributed by atoms with Crippen LogP contribution in [0.2, 0.25) is 0 Å². The van der Waals surface area contributed by atoms with Crippen molar-refractivity contribution in [3.8, 4) is 0 Å². The van der Waals surface area contributed by atoms with Crippen molar-refractivity contribution in [2.75, 3.05) is 6.54 Å². The molecule has 1 fully saturated rings. The molecule has 1 aliphatic rings. The van der Waals surface area contributed by atoms with E-state index in [-0.39, 0.29) is 24.9 Å². The fourth-order valence-corrected chi connectivity index (χ4v) is 5.24. The van der Waals surface area contributed by atoms with E-state index in [0.717, 1.165) is 53.5 Å². The van der Waals surface area contributed by atoms with Crippen LogP contribution in [0.15, 0.2) is 4.90 Å². The third-order valence-electron chi connectivity index (χ3n) is 5.56. The topological polar surface area (TPSA) is 75.3 Å². The van der Waals surface area contributed by atoms with Crippen LogP contribution in [0, 0.1) is 34.6 Å². The van der Waals surface area contributed by atoms with Crippen molar-refractivity contribution in [3.05, 3.63) is 27.8 Å².